The lowest BCUT2D eigenvalue weighted by Crippen LogP contribution is -2.38. The smallest absolute Gasteiger partial charge is 0.329 e. The van der Waals surface area contributed by atoms with Crippen molar-refractivity contribution in [2.75, 3.05) is 32.2 Å². The molecule has 2 amide bonds. The van der Waals surface area contributed by atoms with E-state index in [1.54, 1.807) is 7.11 Å². The molecule has 2 aromatic rings. The van der Waals surface area contributed by atoms with Crippen LogP contribution in [0.25, 0.3) is 0 Å². The normalized spacial score (nSPS) is 10.6. The molecule has 0 bridgehead atoms. The minimum atomic E-state index is -0.834. The minimum absolute atomic E-state index is 0.357. The van der Waals surface area contributed by atoms with Crippen molar-refractivity contribution >= 4 is 29.4 Å². The fourth-order valence-corrected chi connectivity index (χ4v) is 2.62. The van der Waals surface area contributed by atoms with Crippen LogP contribution in [-0.4, -0.2) is 44.9 Å². The SMILES string of the molecule is CCOCCCNC(=O)C(=O)N/N=C\c1cccc(OC)c1Nc1ccccc1C. The maximum Gasteiger partial charge on any atom is 0.329 e. The highest BCUT2D eigenvalue weighted by atomic mass is 16.5. The number of nitrogens with zero attached hydrogens (tertiary/aromatic N) is 1. The average Bonchev–Trinajstić information content (AvgIpc) is 2.75. The second kappa shape index (κ2) is 12.2. The molecule has 0 saturated heterocycles. The van der Waals surface area contributed by atoms with Crippen LogP contribution in [0, 0.1) is 6.92 Å². The molecule has 160 valence electrons. The summed E-state index contributed by atoms with van der Waals surface area (Å²) in [6, 6.07) is 13.3. The standard InChI is InChI=1S/C22H28N4O4/c1-4-30-14-8-13-23-21(27)22(28)26-24-15-17-10-7-12-19(29-3)20(17)25-18-11-6-5-9-16(18)2/h5-7,9-12,15,25H,4,8,13-14H2,1-3H3,(H,23,27)(H,26,28)/b24-15-. The second-order valence-corrected chi connectivity index (χ2v) is 6.37. The van der Waals surface area contributed by atoms with E-state index in [1.165, 1.54) is 6.21 Å². The molecule has 3 N–H and O–H groups in total. The van der Waals surface area contributed by atoms with Gasteiger partial charge < -0.3 is 20.1 Å². The van der Waals surface area contributed by atoms with E-state index >= 15 is 0 Å². The lowest BCUT2D eigenvalue weighted by Gasteiger charge is -2.15. The molecule has 8 heteroatoms. The lowest BCUT2D eigenvalue weighted by atomic mass is 10.1. The molecule has 0 saturated carbocycles. The predicted molar refractivity (Wildman–Crippen MR) is 117 cm³/mol. The van der Waals surface area contributed by atoms with E-state index in [0.717, 1.165) is 11.3 Å². The van der Waals surface area contributed by atoms with Gasteiger partial charge in [0.15, 0.2) is 0 Å². The summed E-state index contributed by atoms with van der Waals surface area (Å²) in [5, 5.41) is 9.78. The van der Waals surface area contributed by atoms with E-state index in [4.69, 9.17) is 9.47 Å². The Morgan fingerprint density at radius 2 is 1.90 bits per heavy atom. The van der Waals surface area contributed by atoms with Crippen LogP contribution >= 0.6 is 0 Å². The molecule has 0 radical (unpaired) electrons. The van der Waals surface area contributed by atoms with Gasteiger partial charge in [-0.1, -0.05) is 30.3 Å². The lowest BCUT2D eigenvalue weighted by molar-refractivity contribution is -0.139. The van der Waals surface area contributed by atoms with Gasteiger partial charge in [0.2, 0.25) is 0 Å². The van der Waals surface area contributed by atoms with Gasteiger partial charge in [-0.05, 0) is 38.0 Å². The zero-order chi connectivity index (χ0) is 21.8. The first-order valence-electron chi connectivity index (χ1n) is 9.75. The number of rotatable bonds is 10. The first-order chi connectivity index (χ1) is 14.6. The van der Waals surface area contributed by atoms with Crippen LogP contribution in [0.4, 0.5) is 11.4 Å². The van der Waals surface area contributed by atoms with Gasteiger partial charge in [-0.15, -0.1) is 0 Å². The van der Waals surface area contributed by atoms with E-state index in [0.29, 0.717) is 43.2 Å². The van der Waals surface area contributed by atoms with Crippen LogP contribution in [0.5, 0.6) is 5.75 Å². The molecule has 8 nitrogen and oxygen atoms in total. The Balaban J connectivity index is 2.02. The number of ether oxygens (including phenoxy) is 2. The quantitative estimate of drug-likeness (QED) is 0.241. The van der Waals surface area contributed by atoms with Gasteiger partial charge >= 0.3 is 11.8 Å². The summed E-state index contributed by atoms with van der Waals surface area (Å²) in [6.45, 7) is 5.40. The van der Waals surface area contributed by atoms with Crippen molar-refractivity contribution in [3.8, 4) is 5.75 Å². The number of anilines is 2. The van der Waals surface area contributed by atoms with E-state index in [-0.39, 0.29) is 0 Å². The van der Waals surface area contributed by atoms with Crippen molar-refractivity contribution in [1.29, 1.82) is 0 Å². The monoisotopic (exact) mass is 412 g/mol. The van der Waals surface area contributed by atoms with E-state index in [9.17, 15) is 9.59 Å². The zero-order valence-electron chi connectivity index (χ0n) is 17.5. The van der Waals surface area contributed by atoms with Crippen LogP contribution in [0.3, 0.4) is 0 Å². The number of hydrogen-bond acceptors (Lipinski definition) is 6. The summed E-state index contributed by atoms with van der Waals surface area (Å²) >= 11 is 0. The third-order valence-electron chi connectivity index (χ3n) is 4.21. The highest BCUT2D eigenvalue weighted by molar-refractivity contribution is 6.35. The number of aryl methyl sites for hydroxylation is 1. The van der Waals surface area contributed by atoms with Crippen LogP contribution in [0.2, 0.25) is 0 Å². The molecule has 0 fully saturated rings. The Morgan fingerprint density at radius 1 is 1.10 bits per heavy atom. The summed E-state index contributed by atoms with van der Waals surface area (Å²) in [6.07, 6.45) is 2.09. The molecule has 0 aliphatic rings. The molecule has 2 rings (SSSR count). The number of hydrogen-bond donors (Lipinski definition) is 3. The summed E-state index contributed by atoms with van der Waals surface area (Å²) in [4.78, 5) is 23.7. The summed E-state index contributed by atoms with van der Waals surface area (Å²) in [5.74, 6) is -0.952. The van der Waals surface area contributed by atoms with Crippen molar-refractivity contribution in [2.45, 2.75) is 20.3 Å². The molecule has 0 aliphatic heterocycles. The van der Waals surface area contributed by atoms with Crippen LogP contribution in [-0.2, 0) is 14.3 Å². The molecule has 2 aromatic carbocycles. The van der Waals surface area contributed by atoms with E-state index < -0.39 is 11.8 Å². The maximum absolute atomic E-state index is 11.9. The largest absolute Gasteiger partial charge is 0.495 e. The highest BCUT2D eigenvalue weighted by Crippen LogP contribution is 2.31. The van der Waals surface area contributed by atoms with Crippen molar-refractivity contribution in [3.63, 3.8) is 0 Å². The molecular formula is C22H28N4O4. The Labute approximate surface area is 176 Å². The third kappa shape index (κ3) is 6.89. The van der Waals surface area contributed by atoms with Crippen molar-refractivity contribution in [3.05, 3.63) is 53.6 Å². The Hall–Kier alpha value is -3.39. The van der Waals surface area contributed by atoms with Crippen LogP contribution in [0.15, 0.2) is 47.6 Å². The number of methoxy groups -OCH3 is 1. The molecule has 0 atom stereocenters. The number of carbonyl (C=O) groups is 2. The van der Waals surface area contributed by atoms with Gasteiger partial charge in [0.1, 0.15) is 5.75 Å². The van der Waals surface area contributed by atoms with Crippen molar-refractivity contribution < 1.29 is 19.1 Å². The van der Waals surface area contributed by atoms with Gasteiger partial charge in [-0.3, -0.25) is 9.59 Å². The Morgan fingerprint density at radius 3 is 2.63 bits per heavy atom. The second-order valence-electron chi connectivity index (χ2n) is 6.37. The first kappa shape index (κ1) is 22.9. The number of para-hydroxylation sites is 2. The average molecular weight is 412 g/mol. The molecule has 0 aliphatic carbocycles. The zero-order valence-corrected chi connectivity index (χ0v) is 17.5. The molecule has 0 unspecified atom stereocenters. The topological polar surface area (TPSA) is 101 Å². The van der Waals surface area contributed by atoms with Gasteiger partial charge in [0.25, 0.3) is 0 Å². The first-order valence-corrected chi connectivity index (χ1v) is 9.75. The number of nitrogens with one attached hydrogen (secondary N) is 3. The van der Waals surface area contributed by atoms with Gasteiger partial charge in [0.05, 0.1) is 19.0 Å². The van der Waals surface area contributed by atoms with Gasteiger partial charge in [-0.25, -0.2) is 5.43 Å². The summed E-state index contributed by atoms with van der Waals surface area (Å²) < 4.78 is 10.6. The van der Waals surface area contributed by atoms with Gasteiger partial charge in [0, 0.05) is 31.0 Å². The molecule has 0 heterocycles. The predicted octanol–water partition coefficient (Wildman–Crippen LogP) is 2.74. The molecule has 0 aromatic heterocycles. The molecule has 0 spiro atoms. The van der Waals surface area contributed by atoms with Crippen molar-refractivity contribution in [1.82, 2.24) is 10.7 Å². The number of carbonyl (C=O) groups excluding carboxylic acids is 2. The maximum atomic E-state index is 11.9. The highest BCUT2D eigenvalue weighted by Gasteiger charge is 2.12. The number of benzene rings is 2. The Kier molecular flexibility index (Phi) is 9.33. The Bertz CT molecular complexity index is 883. The molecular weight excluding hydrogens is 384 g/mol. The van der Waals surface area contributed by atoms with Crippen LogP contribution < -0.4 is 20.8 Å². The van der Waals surface area contributed by atoms with E-state index in [2.05, 4.69) is 21.2 Å². The summed E-state index contributed by atoms with van der Waals surface area (Å²) in [7, 11) is 1.58. The molecule has 30 heavy (non-hydrogen) atoms. The van der Waals surface area contributed by atoms with E-state index in [1.807, 2.05) is 56.3 Å². The third-order valence-corrected chi connectivity index (χ3v) is 4.21. The summed E-state index contributed by atoms with van der Waals surface area (Å²) in [5.41, 5.74) is 5.63. The fraction of sp³-hybridized carbons (Fsp3) is 0.318. The van der Waals surface area contributed by atoms with Gasteiger partial charge in [-0.2, -0.15) is 5.10 Å². The van der Waals surface area contributed by atoms with Crippen molar-refractivity contribution in [2.24, 2.45) is 5.10 Å². The number of amides is 2. The number of hydrazone groups is 1. The minimum Gasteiger partial charge on any atom is -0.495 e. The van der Waals surface area contributed by atoms with Crippen LogP contribution in [0.1, 0.15) is 24.5 Å². The fourth-order valence-electron chi connectivity index (χ4n) is 2.62.